The zero-order chi connectivity index (χ0) is 17.6. The molecule has 0 saturated heterocycles. The maximum absolute atomic E-state index is 12.5. The van der Waals surface area contributed by atoms with Crippen LogP contribution in [0.15, 0.2) is 66.7 Å². The average Bonchev–Trinajstić information content (AvgIpc) is 3.03. The Balaban J connectivity index is 1.62. The van der Waals surface area contributed by atoms with E-state index in [4.69, 9.17) is 4.74 Å². The van der Waals surface area contributed by atoms with Gasteiger partial charge in [0.25, 0.3) is 5.91 Å². The van der Waals surface area contributed by atoms with Crippen LogP contribution in [-0.2, 0) is 7.05 Å². The molecule has 0 aliphatic rings. The van der Waals surface area contributed by atoms with Crippen molar-refractivity contribution in [1.82, 2.24) is 15.1 Å². The molecule has 0 spiro atoms. The molecule has 128 valence electrons. The first-order valence-electron chi connectivity index (χ1n) is 8.21. The van der Waals surface area contributed by atoms with Gasteiger partial charge in [-0.05, 0) is 25.1 Å². The van der Waals surface area contributed by atoms with Crippen LogP contribution in [0.4, 0.5) is 0 Å². The molecule has 0 radical (unpaired) electrons. The number of aromatic nitrogens is 2. The Bertz CT molecular complexity index is 829. The van der Waals surface area contributed by atoms with E-state index in [1.54, 1.807) is 17.8 Å². The van der Waals surface area contributed by atoms with E-state index < -0.39 is 0 Å². The van der Waals surface area contributed by atoms with Gasteiger partial charge < -0.3 is 10.1 Å². The number of hydrogen-bond donors (Lipinski definition) is 1. The lowest BCUT2D eigenvalue weighted by Crippen LogP contribution is -2.37. The summed E-state index contributed by atoms with van der Waals surface area (Å²) in [5.41, 5.74) is 2.28. The van der Waals surface area contributed by atoms with Crippen LogP contribution in [0.5, 0.6) is 5.75 Å². The topological polar surface area (TPSA) is 56.1 Å². The molecule has 0 bridgehead atoms. The van der Waals surface area contributed by atoms with E-state index in [2.05, 4.69) is 10.4 Å². The molecule has 0 fully saturated rings. The highest BCUT2D eigenvalue weighted by Crippen LogP contribution is 2.18. The molecule has 0 aliphatic heterocycles. The number of benzene rings is 2. The minimum atomic E-state index is -0.165. The van der Waals surface area contributed by atoms with Crippen molar-refractivity contribution >= 4 is 5.91 Å². The van der Waals surface area contributed by atoms with Gasteiger partial charge in [0.05, 0.1) is 11.7 Å². The lowest BCUT2D eigenvalue weighted by molar-refractivity contribution is 0.0917. The zero-order valence-electron chi connectivity index (χ0n) is 14.3. The molecule has 3 aromatic rings. The summed E-state index contributed by atoms with van der Waals surface area (Å²) in [6, 6.07) is 21.0. The van der Waals surface area contributed by atoms with E-state index >= 15 is 0 Å². The van der Waals surface area contributed by atoms with Crippen molar-refractivity contribution in [1.29, 1.82) is 0 Å². The summed E-state index contributed by atoms with van der Waals surface area (Å²) in [6.07, 6.45) is 0. The van der Waals surface area contributed by atoms with Crippen LogP contribution in [0.1, 0.15) is 17.4 Å². The fourth-order valence-corrected chi connectivity index (χ4v) is 2.51. The third kappa shape index (κ3) is 4.26. The van der Waals surface area contributed by atoms with Crippen molar-refractivity contribution in [2.75, 3.05) is 6.61 Å². The third-order valence-electron chi connectivity index (χ3n) is 3.80. The van der Waals surface area contributed by atoms with Crippen LogP contribution in [0, 0.1) is 0 Å². The molecule has 0 aliphatic carbocycles. The average molecular weight is 335 g/mol. The number of amides is 1. The number of carbonyl (C=O) groups is 1. The maximum atomic E-state index is 12.5. The van der Waals surface area contributed by atoms with Gasteiger partial charge >= 0.3 is 0 Å². The Hall–Kier alpha value is -3.08. The lowest BCUT2D eigenvalue weighted by atomic mass is 10.1. The van der Waals surface area contributed by atoms with Gasteiger partial charge in [0.2, 0.25) is 0 Å². The van der Waals surface area contributed by atoms with Gasteiger partial charge in [-0.1, -0.05) is 48.5 Å². The first kappa shape index (κ1) is 16.8. The molecule has 1 atom stereocenters. The molecule has 1 aromatic heterocycles. The number of aryl methyl sites for hydroxylation is 1. The summed E-state index contributed by atoms with van der Waals surface area (Å²) in [5, 5.41) is 7.37. The summed E-state index contributed by atoms with van der Waals surface area (Å²) in [6.45, 7) is 2.31. The molecule has 1 unspecified atom stereocenters. The fourth-order valence-electron chi connectivity index (χ4n) is 2.51. The standard InChI is InChI=1S/C20H21N3O2/c1-15(14-25-17-11-7-4-8-12-17)21-20(24)19-13-18(22-23(19)2)16-9-5-3-6-10-16/h3-13,15H,14H2,1-2H3,(H,21,24). The van der Waals surface area contributed by atoms with E-state index in [-0.39, 0.29) is 11.9 Å². The van der Waals surface area contributed by atoms with E-state index in [0.717, 1.165) is 17.0 Å². The molecule has 1 heterocycles. The highest BCUT2D eigenvalue weighted by molar-refractivity contribution is 5.93. The van der Waals surface area contributed by atoms with Crippen molar-refractivity contribution in [3.05, 3.63) is 72.4 Å². The van der Waals surface area contributed by atoms with Gasteiger partial charge in [-0.2, -0.15) is 5.10 Å². The molecule has 3 rings (SSSR count). The number of nitrogens with zero attached hydrogens (tertiary/aromatic N) is 2. The number of ether oxygens (including phenoxy) is 1. The van der Waals surface area contributed by atoms with Crippen molar-refractivity contribution in [2.45, 2.75) is 13.0 Å². The SMILES string of the molecule is CC(COc1ccccc1)NC(=O)c1cc(-c2ccccc2)nn1C. The molecule has 0 saturated carbocycles. The zero-order valence-corrected chi connectivity index (χ0v) is 14.3. The van der Waals surface area contributed by atoms with Gasteiger partial charge in [-0.15, -0.1) is 0 Å². The van der Waals surface area contributed by atoms with Crippen molar-refractivity contribution in [3.8, 4) is 17.0 Å². The Kier molecular flexibility index (Phi) is 5.14. The molecule has 5 heteroatoms. The second-order valence-electron chi connectivity index (χ2n) is 5.90. The van der Waals surface area contributed by atoms with E-state index in [9.17, 15) is 4.79 Å². The quantitative estimate of drug-likeness (QED) is 0.752. The van der Waals surface area contributed by atoms with Crippen LogP contribution in [0.3, 0.4) is 0 Å². The maximum Gasteiger partial charge on any atom is 0.269 e. The number of nitrogens with one attached hydrogen (secondary N) is 1. The van der Waals surface area contributed by atoms with E-state index in [1.807, 2.05) is 67.6 Å². The second-order valence-corrected chi connectivity index (χ2v) is 5.90. The van der Waals surface area contributed by atoms with Crippen LogP contribution in [0.2, 0.25) is 0 Å². The number of hydrogen-bond acceptors (Lipinski definition) is 3. The summed E-state index contributed by atoms with van der Waals surface area (Å²) in [5.74, 6) is 0.622. The Morgan fingerprint density at radius 2 is 1.76 bits per heavy atom. The first-order chi connectivity index (χ1) is 12.1. The predicted octanol–water partition coefficient (Wildman–Crippen LogP) is 3.28. The molecule has 2 aromatic carbocycles. The predicted molar refractivity (Wildman–Crippen MR) is 97.5 cm³/mol. The summed E-state index contributed by atoms with van der Waals surface area (Å²) in [7, 11) is 1.77. The molecule has 1 N–H and O–H groups in total. The molecular formula is C20H21N3O2. The Morgan fingerprint density at radius 3 is 2.44 bits per heavy atom. The molecule has 25 heavy (non-hydrogen) atoms. The Labute approximate surface area is 147 Å². The van der Waals surface area contributed by atoms with E-state index in [1.165, 1.54) is 0 Å². The van der Waals surface area contributed by atoms with Crippen molar-refractivity contribution < 1.29 is 9.53 Å². The number of para-hydroxylation sites is 1. The summed E-state index contributed by atoms with van der Waals surface area (Å²) in [4.78, 5) is 12.5. The minimum Gasteiger partial charge on any atom is -0.491 e. The third-order valence-corrected chi connectivity index (χ3v) is 3.80. The van der Waals surface area contributed by atoms with Crippen LogP contribution in [0.25, 0.3) is 11.3 Å². The summed E-state index contributed by atoms with van der Waals surface area (Å²) < 4.78 is 7.27. The normalized spacial score (nSPS) is 11.8. The van der Waals surface area contributed by atoms with Crippen LogP contribution in [-0.4, -0.2) is 28.3 Å². The summed E-state index contributed by atoms with van der Waals surface area (Å²) >= 11 is 0. The van der Waals surface area contributed by atoms with Gasteiger partial charge in [-0.3, -0.25) is 9.48 Å². The van der Waals surface area contributed by atoms with E-state index in [0.29, 0.717) is 12.3 Å². The monoisotopic (exact) mass is 335 g/mol. The molecule has 5 nitrogen and oxygen atoms in total. The molecule has 1 amide bonds. The Morgan fingerprint density at radius 1 is 1.12 bits per heavy atom. The lowest BCUT2D eigenvalue weighted by Gasteiger charge is -2.15. The van der Waals surface area contributed by atoms with Crippen molar-refractivity contribution in [2.24, 2.45) is 7.05 Å². The van der Waals surface area contributed by atoms with Gasteiger partial charge in [0.1, 0.15) is 18.1 Å². The smallest absolute Gasteiger partial charge is 0.269 e. The van der Waals surface area contributed by atoms with Gasteiger partial charge in [0, 0.05) is 12.6 Å². The molecular weight excluding hydrogens is 314 g/mol. The second kappa shape index (κ2) is 7.66. The fraction of sp³-hybridized carbons (Fsp3) is 0.200. The van der Waals surface area contributed by atoms with Crippen LogP contribution < -0.4 is 10.1 Å². The highest BCUT2D eigenvalue weighted by atomic mass is 16.5. The van der Waals surface area contributed by atoms with Crippen LogP contribution >= 0.6 is 0 Å². The largest absolute Gasteiger partial charge is 0.491 e. The minimum absolute atomic E-state index is 0.122. The number of rotatable bonds is 6. The van der Waals surface area contributed by atoms with Crippen molar-refractivity contribution in [3.63, 3.8) is 0 Å². The highest BCUT2D eigenvalue weighted by Gasteiger charge is 2.16. The number of carbonyl (C=O) groups excluding carboxylic acids is 1. The van der Waals surface area contributed by atoms with Gasteiger partial charge in [-0.25, -0.2) is 0 Å². The first-order valence-corrected chi connectivity index (χ1v) is 8.21. The van der Waals surface area contributed by atoms with Gasteiger partial charge in [0.15, 0.2) is 0 Å².